The van der Waals surface area contributed by atoms with Crippen LogP contribution in [0.4, 0.5) is 0 Å². The van der Waals surface area contributed by atoms with E-state index in [-0.39, 0.29) is 5.91 Å². The van der Waals surface area contributed by atoms with Crippen molar-refractivity contribution in [2.24, 2.45) is 0 Å². The van der Waals surface area contributed by atoms with E-state index in [1.807, 2.05) is 48.5 Å². The van der Waals surface area contributed by atoms with E-state index in [9.17, 15) is 4.79 Å². The lowest BCUT2D eigenvalue weighted by atomic mass is 10.1. The van der Waals surface area contributed by atoms with Crippen LogP contribution in [0.25, 0.3) is 10.9 Å². The van der Waals surface area contributed by atoms with E-state index in [0.29, 0.717) is 17.1 Å². The number of rotatable bonds is 3. The molecule has 3 nitrogen and oxygen atoms in total. The molecule has 1 N–H and O–H groups in total. The van der Waals surface area contributed by atoms with Crippen molar-refractivity contribution in [2.75, 3.05) is 7.05 Å². The van der Waals surface area contributed by atoms with Crippen molar-refractivity contribution in [2.45, 2.75) is 6.54 Å². The molecule has 3 aromatic rings. The third kappa shape index (κ3) is 2.78. The van der Waals surface area contributed by atoms with E-state index < -0.39 is 0 Å². The maximum absolute atomic E-state index is 12.6. The van der Waals surface area contributed by atoms with E-state index in [2.05, 4.69) is 4.98 Å². The minimum absolute atomic E-state index is 0.00701. The van der Waals surface area contributed by atoms with Gasteiger partial charge in [-0.15, -0.1) is 0 Å². The Hall–Kier alpha value is -2.26. The smallest absolute Gasteiger partial charge is 0.256 e. The summed E-state index contributed by atoms with van der Waals surface area (Å²) in [7, 11) is 1.80. The van der Waals surface area contributed by atoms with Crippen molar-refractivity contribution < 1.29 is 4.79 Å². The Labute approximate surface area is 128 Å². The van der Waals surface area contributed by atoms with Crippen LogP contribution in [0.2, 0.25) is 5.02 Å². The molecule has 0 radical (unpaired) electrons. The number of nitrogens with one attached hydrogen (secondary N) is 1. The van der Waals surface area contributed by atoms with Gasteiger partial charge in [-0.25, -0.2) is 0 Å². The van der Waals surface area contributed by atoms with Crippen molar-refractivity contribution in [1.82, 2.24) is 9.88 Å². The number of hydrogen-bond acceptors (Lipinski definition) is 1. The van der Waals surface area contributed by atoms with Gasteiger partial charge in [0.15, 0.2) is 0 Å². The monoisotopic (exact) mass is 298 g/mol. The summed E-state index contributed by atoms with van der Waals surface area (Å²) in [6.07, 6.45) is 1.77. The first-order valence-corrected chi connectivity index (χ1v) is 7.09. The highest BCUT2D eigenvalue weighted by atomic mass is 35.5. The van der Waals surface area contributed by atoms with Crippen LogP contribution in [-0.4, -0.2) is 22.8 Å². The number of amides is 1. The molecule has 1 amide bonds. The summed E-state index contributed by atoms with van der Waals surface area (Å²) in [4.78, 5) is 17.4. The quantitative estimate of drug-likeness (QED) is 0.776. The number of aromatic nitrogens is 1. The minimum atomic E-state index is -0.00701. The van der Waals surface area contributed by atoms with Crippen LogP contribution in [-0.2, 0) is 6.54 Å². The topological polar surface area (TPSA) is 36.1 Å². The summed E-state index contributed by atoms with van der Waals surface area (Å²) < 4.78 is 0. The average Bonchev–Trinajstić information content (AvgIpc) is 2.90. The van der Waals surface area contributed by atoms with Gasteiger partial charge in [0.25, 0.3) is 5.91 Å². The molecule has 0 atom stereocenters. The van der Waals surface area contributed by atoms with Crippen molar-refractivity contribution in [3.63, 3.8) is 0 Å². The van der Waals surface area contributed by atoms with Crippen molar-refractivity contribution >= 4 is 28.4 Å². The molecule has 1 aromatic heterocycles. The number of benzene rings is 2. The normalized spacial score (nSPS) is 10.8. The summed E-state index contributed by atoms with van der Waals surface area (Å²) in [6, 6.07) is 15.3. The summed E-state index contributed by atoms with van der Waals surface area (Å²) in [5, 5.41) is 1.63. The third-order valence-electron chi connectivity index (χ3n) is 3.48. The van der Waals surface area contributed by atoms with Gasteiger partial charge in [-0.3, -0.25) is 4.79 Å². The fourth-order valence-corrected chi connectivity index (χ4v) is 2.65. The Morgan fingerprint density at radius 2 is 2.00 bits per heavy atom. The van der Waals surface area contributed by atoms with Gasteiger partial charge in [0, 0.05) is 35.7 Å². The Morgan fingerprint density at radius 1 is 1.19 bits per heavy atom. The van der Waals surface area contributed by atoms with Crippen LogP contribution in [0.15, 0.2) is 54.7 Å². The number of para-hydroxylation sites is 1. The molecule has 1 heterocycles. The highest BCUT2D eigenvalue weighted by molar-refractivity contribution is 6.30. The molecule has 0 aliphatic heterocycles. The lowest BCUT2D eigenvalue weighted by Crippen LogP contribution is -2.25. The molecule has 0 saturated heterocycles. The third-order valence-corrected chi connectivity index (χ3v) is 3.71. The molecule has 3 rings (SSSR count). The number of nitrogens with zero attached hydrogens (tertiary/aromatic N) is 1. The lowest BCUT2D eigenvalue weighted by Gasteiger charge is -2.17. The van der Waals surface area contributed by atoms with Gasteiger partial charge in [0.05, 0.1) is 5.56 Å². The predicted molar refractivity (Wildman–Crippen MR) is 85.5 cm³/mol. The molecule has 106 valence electrons. The summed E-state index contributed by atoms with van der Waals surface area (Å²) in [6.45, 7) is 0.527. The molecule has 0 bridgehead atoms. The number of fused-ring (bicyclic) bond motifs is 1. The molecule has 0 spiro atoms. The number of carbonyl (C=O) groups is 1. The fourth-order valence-electron chi connectivity index (χ4n) is 2.44. The molecule has 0 aliphatic carbocycles. The Morgan fingerprint density at radius 3 is 2.81 bits per heavy atom. The van der Waals surface area contributed by atoms with Crippen molar-refractivity contribution in [1.29, 1.82) is 0 Å². The molecule has 0 unspecified atom stereocenters. The summed E-state index contributed by atoms with van der Waals surface area (Å²) in [5.74, 6) is -0.00701. The van der Waals surface area contributed by atoms with Gasteiger partial charge in [-0.2, -0.15) is 0 Å². The first kappa shape index (κ1) is 13.7. The predicted octanol–water partition coefficient (Wildman–Crippen LogP) is 4.09. The van der Waals surface area contributed by atoms with E-state index >= 15 is 0 Å². The number of carbonyl (C=O) groups excluding carboxylic acids is 1. The largest absolute Gasteiger partial charge is 0.360 e. The zero-order valence-corrected chi connectivity index (χ0v) is 12.4. The van der Waals surface area contributed by atoms with E-state index in [1.165, 1.54) is 0 Å². The minimum Gasteiger partial charge on any atom is -0.360 e. The molecule has 4 heteroatoms. The zero-order chi connectivity index (χ0) is 14.8. The highest BCUT2D eigenvalue weighted by Gasteiger charge is 2.16. The van der Waals surface area contributed by atoms with Crippen LogP contribution in [0.5, 0.6) is 0 Å². The summed E-state index contributed by atoms with van der Waals surface area (Å²) >= 11 is 5.98. The van der Waals surface area contributed by atoms with E-state index in [0.717, 1.165) is 16.5 Å². The van der Waals surface area contributed by atoms with E-state index in [4.69, 9.17) is 11.6 Å². The van der Waals surface area contributed by atoms with Gasteiger partial charge in [0.1, 0.15) is 0 Å². The number of halogens is 1. The van der Waals surface area contributed by atoms with Gasteiger partial charge in [-0.05, 0) is 23.8 Å². The van der Waals surface area contributed by atoms with Crippen LogP contribution in [0.1, 0.15) is 15.9 Å². The van der Waals surface area contributed by atoms with Crippen LogP contribution >= 0.6 is 11.6 Å². The average molecular weight is 299 g/mol. The first-order chi connectivity index (χ1) is 10.1. The molecule has 2 aromatic carbocycles. The molecular weight excluding hydrogens is 284 g/mol. The highest BCUT2D eigenvalue weighted by Crippen LogP contribution is 2.20. The maximum Gasteiger partial charge on any atom is 0.256 e. The Balaban J connectivity index is 1.84. The van der Waals surface area contributed by atoms with Crippen LogP contribution in [0.3, 0.4) is 0 Å². The second kappa shape index (κ2) is 5.62. The van der Waals surface area contributed by atoms with Crippen LogP contribution in [0, 0.1) is 0 Å². The molecule has 0 saturated carbocycles. The molecular formula is C17H15ClN2O. The second-order valence-corrected chi connectivity index (χ2v) is 5.48. The zero-order valence-electron chi connectivity index (χ0n) is 11.6. The number of hydrogen-bond donors (Lipinski definition) is 1. The molecule has 0 aliphatic rings. The summed E-state index contributed by atoms with van der Waals surface area (Å²) in [5.41, 5.74) is 2.67. The first-order valence-electron chi connectivity index (χ1n) is 6.71. The molecule has 0 fully saturated rings. The maximum atomic E-state index is 12.6. The second-order valence-electron chi connectivity index (χ2n) is 5.04. The van der Waals surface area contributed by atoms with Gasteiger partial charge < -0.3 is 9.88 Å². The van der Waals surface area contributed by atoms with Gasteiger partial charge >= 0.3 is 0 Å². The fraction of sp³-hybridized carbons (Fsp3) is 0.118. The van der Waals surface area contributed by atoms with Crippen molar-refractivity contribution in [3.8, 4) is 0 Å². The Bertz CT molecular complexity index is 794. The van der Waals surface area contributed by atoms with Gasteiger partial charge in [0.2, 0.25) is 0 Å². The Kier molecular flexibility index (Phi) is 3.67. The number of H-pyrrole nitrogens is 1. The van der Waals surface area contributed by atoms with Crippen LogP contribution < -0.4 is 0 Å². The van der Waals surface area contributed by atoms with E-state index in [1.54, 1.807) is 18.1 Å². The van der Waals surface area contributed by atoms with Gasteiger partial charge in [-0.1, -0.05) is 41.9 Å². The van der Waals surface area contributed by atoms with Crippen molar-refractivity contribution in [3.05, 3.63) is 70.9 Å². The SMILES string of the molecule is CN(Cc1cccc(Cl)c1)C(=O)c1c[nH]c2ccccc12. The standard InChI is InChI=1S/C17H15ClN2O/c1-20(11-12-5-4-6-13(18)9-12)17(21)15-10-19-16-8-3-2-7-14(15)16/h2-10,19H,11H2,1H3. The lowest BCUT2D eigenvalue weighted by molar-refractivity contribution is 0.0787. The number of aromatic amines is 1. The molecule has 21 heavy (non-hydrogen) atoms.